The Kier molecular flexibility index (Phi) is 5.87. The first-order valence-corrected chi connectivity index (χ1v) is 9.15. The zero-order valence-electron chi connectivity index (χ0n) is 14.8. The molecule has 5 nitrogen and oxygen atoms in total. The van der Waals surface area contributed by atoms with E-state index < -0.39 is 0 Å². The Bertz CT molecular complexity index is 714. The Labute approximate surface area is 149 Å². The Balaban J connectivity index is 1.50. The first-order valence-electron chi connectivity index (χ1n) is 9.15. The van der Waals surface area contributed by atoms with Crippen molar-refractivity contribution in [3.63, 3.8) is 0 Å². The molecule has 1 heterocycles. The van der Waals surface area contributed by atoms with Crippen molar-refractivity contribution in [1.29, 1.82) is 0 Å². The smallest absolute Gasteiger partial charge is 0.317 e. The highest BCUT2D eigenvalue weighted by Crippen LogP contribution is 2.24. The van der Waals surface area contributed by atoms with E-state index in [0.717, 1.165) is 48.6 Å². The van der Waals surface area contributed by atoms with Crippen molar-refractivity contribution < 1.29 is 9.90 Å². The highest BCUT2D eigenvalue weighted by molar-refractivity contribution is 5.81. The van der Waals surface area contributed by atoms with Crippen LogP contribution in [0.15, 0.2) is 36.5 Å². The van der Waals surface area contributed by atoms with Gasteiger partial charge < -0.3 is 15.3 Å². The molecule has 5 heteroatoms. The number of hydrogen-bond donors (Lipinski definition) is 2. The van der Waals surface area contributed by atoms with Gasteiger partial charge >= 0.3 is 6.03 Å². The summed E-state index contributed by atoms with van der Waals surface area (Å²) < 4.78 is 0. The number of nitrogens with one attached hydrogen (secondary N) is 1. The van der Waals surface area contributed by atoms with Crippen LogP contribution in [-0.2, 0) is 6.42 Å². The number of aliphatic hydroxyl groups excluding tert-OH is 1. The van der Waals surface area contributed by atoms with Crippen LogP contribution in [0.1, 0.15) is 31.2 Å². The molecule has 2 atom stereocenters. The highest BCUT2D eigenvalue weighted by Gasteiger charge is 2.25. The van der Waals surface area contributed by atoms with E-state index in [0.29, 0.717) is 13.1 Å². The van der Waals surface area contributed by atoms with Gasteiger partial charge in [0.25, 0.3) is 0 Å². The number of aliphatic hydroxyl groups is 1. The number of carbonyl (C=O) groups excluding carboxylic acids is 1. The molecule has 0 aliphatic heterocycles. The van der Waals surface area contributed by atoms with E-state index in [4.69, 9.17) is 0 Å². The molecule has 0 spiro atoms. The zero-order chi connectivity index (χ0) is 17.6. The number of amides is 2. The molecule has 2 amide bonds. The van der Waals surface area contributed by atoms with Crippen molar-refractivity contribution in [1.82, 2.24) is 15.2 Å². The number of rotatable bonds is 5. The molecule has 134 valence electrons. The fraction of sp³-hybridized carbons (Fsp3) is 0.500. The van der Waals surface area contributed by atoms with Crippen LogP contribution in [0.3, 0.4) is 0 Å². The number of hydrogen-bond acceptors (Lipinski definition) is 3. The van der Waals surface area contributed by atoms with E-state index in [9.17, 15) is 9.90 Å². The molecule has 0 bridgehead atoms. The van der Waals surface area contributed by atoms with Crippen LogP contribution in [0.5, 0.6) is 0 Å². The van der Waals surface area contributed by atoms with Gasteiger partial charge in [-0.05, 0) is 30.9 Å². The number of nitrogens with zero attached hydrogens (tertiary/aromatic N) is 2. The van der Waals surface area contributed by atoms with Gasteiger partial charge in [-0.1, -0.05) is 37.1 Å². The Hall–Kier alpha value is -2.14. The molecule has 0 saturated heterocycles. The predicted octanol–water partition coefficient (Wildman–Crippen LogP) is 2.97. The van der Waals surface area contributed by atoms with Crippen LogP contribution in [0.2, 0.25) is 0 Å². The summed E-state index contributed by atoms with van der Waals surface area (Å²) in [7, 11) is 1.80. The van der Waals surface area contributed by atoms with Crippen LogP contribution in [0, 0.1) is 5.92 Å². The van der Waals surface area contributed by atoms with E-state index >= 15 is 0 Å². The summed E-state index contributed by atoms with van der Waals surface area (Å²) in [5.74, 6) is 0.201. The summed E-state index contributed by atoms with van der Waals surface area (Å²) in [6, 6.07) is 10.0. The van der Waals surface area contributed by atoms with Gasteiger partial charge in [-0.3, -0.25) is 4.98 Å². The van der Waals surface area contributed by atoms with Gasteiger partial charge in [0.2, 0.25) is 0 Å². The third-order valence-electron chi connectivity index (χ3n) is 5.11. The summed E-state index contributed by atoms with van der Waals surface area (Å²) in [6.07, 6.45) is 6.37. The Morgan fingerprint density at radius 2 is 2.08 bits per heavy atom. The van der Waals surface area contributed by atoms with Crippen molar-refractivity contribution in [3.8, 4) is 0 Å². The molecule has 1 aliphatic carbocycles. The van der Waals surface area contributed by atoms with Crippen LogP contribution < -0.4 is 5.32 Å². The maximum atomic E-state index is 12.3. The molecule has 1 saturated carbocycles. The molecule has 0 radical (unpaired) electrons. The molecular formula is C20H27N3O2. The molecule has 25 heavy (non-hydrogen) atoms. The van der Waals surface area contributed by atoms with Crippen molar-refractivity contribution >= 4 is 16.9 Å². The monoisotopic (exact) mass is 341 g/mol. The highest BCUT2D eigenvalue weighted by atomic mass is 16.3. The van der Waals surface area contributed by atoms with Gasteiger partial charge in [-0.25, -0.2) is 4.79 Å². The summed E-state index contributed by atoms with van der Waals surface area (Å²) in [5, 5.41) is 14.2. The maximum Gasteiger partial charge on any atom is 0.317 e. The van der Waals surface area contributed by atoms with Crippen molar-refractivity contribution in [2.45, 2.75) is 38.2 Å². The molecule has 1 aromatic carbocycles. The third-order valence-corrected chi connectivity index (χ3v) is 5.11. The minimum absolute atomic E-state index is 0.0778. The summed E-state index contributed by atoms with van der Waals surface area (Å²) in [6.45, 7) is 1.19. The second kappa shape index (κ2) is 8.30. The fourth-order valence-corrected chi connectivity index (χ4v) is 3.64. The quantitative estimate of drug-likeness (QED) is 0.879. The van der Waals surface area contributed by atoms with Crippen molar-refractivity contribution in [2.75, 3.05) is 20.1 Å². The number of aromatic nitrogens is 1. The second-order valence-corrected chi connectivity index (χ2v) is 6.97. The number of carbonyl (C=O) groups is 1. The van der Waals surface area contributed by atoms with Crippen molar-refractivity contribution in [2.24, 2.45) is 5.92 Å². The topological polar surface area (TPSA) is 65.5 Å². The first kappa shape index (κ1) is 17.7. The average Bonchev–Trinajstić information content (AvgIpc) is 2.63. The number of benzene rings is 1. The standard InChI is InChI=1S/C20H27N3O2/c1-23(14-17-6-2-3-10-18(17)24)20(25)22-13-11-16-8-4-7-15-9-5-12-21-19(15)16/h4-5,7-9,12,17-18,24H,2-3,6,10-11,13-14H2,1H3,(H,22,25)/t17-,18+/m0/s1. The van der Waals surface area contributed by atoms with Gasteiger partial charge in [0.05, 0.1) is 11.6 Å². The van der Waals surface area contributed by atoms with Crippen molar-refractivity contribution in [3.05, 3.63) is 42.1 Å². The van der Waals surface area contributed by atoms with Gasteiger partial charge in [-0.15, -0.1) is 0 Å². The number of urea groups is 1. The van der Waals surface area contributed by atoms with Crippen LogP contribution in [0.25, 0.3) is 10.9 Å². The molecular weight excluding hydrogens is 314 g/mol. The lowest BCUT2D eigenvalue weighted by atomic mass is 9.86. The van der Waals surface area contributed by atoms with Gasteiger partial charge in [0.1, 0.15) is 0 Å². The first-order chi connectivity index (χ1) is 12.1. The summed E-state index contributed by atoms with van der Waals surface area (Å²) in [5.41, 5.74) is 2.14. The van der Waals surface area contributed by atoms with Crippen LogP contribution in [-0.4, -0.2) is 47.3 Å². The lowest BCUT2D eigenvalue weighted by molar-refractivity contribution is 0.0565. The van der Waals surface area contributed by atoms with E-state index in [-0.39, 0.29) is 18.1 Å². The summed E-state index contributed by atoms with van der Waals surface area (Å²) in [4.78, 5) is 18.4. The Morgan fingerprint density at radius 3 is 2.92 bits per heavy atom. The number of fused-ring (bicyclic) bond motifs is 1. The molecule has 2 aromatic rings. The molecule has 1 aliphatic rings. The molecule has 1 aromatic heterocycles. The molecule has 2 N–H and O–H groups in total. The van der Waals surface area contributed by atoms with Crippen LogP contribution in [0.4, 0.5) is 4.79 Å². The zero-order valence-corrected chi connectivity index (χ0v) is 14.8. The third kappa shape index (κ3) is 4.48. The molecule has 3 rings (SSSR count). The number of pyridine rings is 1. The van der Waals surface area contributed by atoms with E-state index in [1.54, 1.807) is 18.1 Å². The second-order valence-electron chi connectivity index (χ2n) is 6.97. The number of para-hydroxylation sites is 1. The minimum atomic E-state index is -0.272. The largest absolute Gasteiger partial charge is 0.393 e. The minimum Gasteiger partial charge on any atom is -0.393 e. The molecule has 0 unspecified atom stereocenters. The predicted molar refractivity (Wildman–Crippen MR) is 99.4 cm³/mol. The van der Waals surface area contributed by atoms with E-state index in [1.807, 2.05) is 24.3 Å². The lowest BCUT2D eigenvalue weighted by Gasteiger charge is -2.31. The summed E-state index contributed by atoms with van der Waals surface area (Å²) >= 11 is 0. The normalized spacial score (nSPS) is 20.4. The fourth-order valence-electron chi connectivity index (χ4n) is 3.64. The van der Waals surface area contributed by atoms with E-state index in [2.05, 4.69) is 16.4 Å². The average molecular weight is 341 g/mol. The SMILES string of the molecule is CN(C[C@@H]1CCCC[C@H]1O)C(=O)NCCc1cccc2cccnc12. The lowest BCUT2D eigenvalue weighted by Crippen LogP contribution is -2.43. The van der Waals surface area contributed by atoms with Crippen LogP contribution >= 0.6 is 0 Å². The van der Waals surface area contributed by atoms with E-state index in [1.165, 1.54) is 0 Å². The van der Waals surface area contributed by atoms with Gasteiger partial charge in [0, 0.05) is 37.6 Å². The van der Waals surface area contributed by atoms with Gasteiger partial charge in [0.15, 0.2) is 0 Å². The van der Waals surface area contributed by atoms with Gasteiger partial charge in [-0.2, -0.15) is 0 Å². The Morgan fingerprint density at radius 1 is 1.28 bits per heavy atom. The maximum absolute atomic E-state index is 12.3. The molecule has 1 fully saturated rings.